The van der Waals surface area contributed by atoms with Gasteiger partial charge in [-0.1, -0.05) is 29.8 Å². The molecule has 2 heterocycles. The summed E-state index contributed by atoms with van der Waals surface area (Å²) in [5.41, 5.74) is 2.89. The molecule has 8 heteroatoms. The summed E-state index contributed by atoms with van der Waals surface area (Å²) in [6, 6.07) is 11.7. The highest BCUT2D eigenvalue weighted by molar-refractivity contribution is 6.33. The SMILES string of the molecule is Cc1ccc(NC(=O)Nc2cccc(C3=CC(=O)N(CC4CCOCC4)C3=O)c2)cc1Cl. The number of carbonyl (C=O) groups excluding carboxylic acids is 3. The first-order chi connectivity index (χ1) is 15.4. The van der Waals surface area contributed by atoms with Gasteiger partial charge in [-0.15, -0.1) is 0 Å². The highest BCUT2D eigenvalue weighted by Gasteiger charge is 2.33. The van der Waals surface area contributed by atoms with E-state index in [9.17, 15) is 14.4 Å². The molecule has 4 rings (SSSR count). The molecule has 0 aliphatic carbocycles. The summed E-state index contributed by atoms with van der Waals surface area (Å²) in [7, 11) is 0. The van der Waals surface area contributed by atoms with Crippen molar-refractivity contribution in [3.05, 3.63) is 64.7 Å². The van der Waals surface area contributed by atoms with E-state index in [1.165, 1.54) is 11.0 Å². The summed E-state index contributed by atoms with van der Waals surface area (Å²) >= 11 is 6.10. The zero-order chi connectivity index (χ0) is 22.7. The van der Waals surface area contributed by atoms with Crippen molar-refractivity contribution in [3.8, 4) is 0 Å². The lowest BCUT2D eigenvalue weighted by atomic mass is 9.99. The Morgan fingerprint density at radius 2 is 1.81 bits per heavy atom. The summed E-state index contributed by atoms with van der Waals surface area (Å²) in [5.74, 6) is -0.349. The molecule has 4 amide bonds. The number of urea groups is 1. The van der Waals surface area contributed by atoms with Crippen molar-refractivity contribution in [2.24, 2.45) is 5.92 Å². The van der Waals surface area contributed by atoms with E-state index in [-0.39, 0.29) is 17.7 Å². The van der Waals surface area contributed by atoms with Crippen molar-refractivity contribution in [1.82, 2.24) is 4.90 Å². The van der Waals surface area contributed by atoms with Crippen molar-refractivity contribution in [1.29, 1.82) is 0 Å². The molecular weight excluding hydrogens is 430 g/mol. The van der Waals surface area contributed by atoms with Crippen LogP contribution in [0.15, 0.2) is 48.5 Å². The van der Waals surface area contributed by atoms with Crippen LogP contribution in [0.3, 0.4) is 0 Å². The van der Waals surface area contributed by atoms with Crippen LogP contribution in [0.4, 0.5) is 16.2 Å². The molecule has 2 aromatic carbocycles. The summed E-state index contributed by atoms with van der Waals surface area (Å²) in [4.78, 5) is 39.1. The summed E-state index contributed by atoms with van der Waals surface area (Å²) in [5, 5.41) is 6.04. The third kappa shape index (κ3) is 5.00. The Balaban J connectivity index is 1.42. The minimum Gasteiger partial charge on any atom is -0.381 e. The van der Waals surface area contributed by atoms with Gasteiger partial charge in [-0.25, -0.2) is 4.79 Å². The number of nitrogens with zero attached hydrogens (tertiary/aromatic N) is 1. The zero-order valence-electron chi connectivity index (χ0n) is 17.7. The smallest absolute Gasteiger partial charge is 0.323 e. The fourth-order valence-electron chi connectivity index (χ4n) is 3.80. The van der Waals surface area contributed by atoms with Crippen LogP contribution in [0.1, 0.15) is 24.0 Å². The highest BCUT2D eigenvalue weighted by Crippen LogP contribution is 2.28. The lowest BCUT2D eigenvalue weighted by Gasteiger charge is -2.26. The first kappa shape index (κ1) is 22.0. The Hall–Kier alpha value is -3.16. The molecule has 0 radical (unpaired) electrons. The Kier molecular flexibility index (Phi) is 6.58. The lowest BCUT2D eigenvalue weighted by molar-refractivity contribution is -0.137. The fourth-order valence-corrected chi connectivity index (χ4v) is 3.98. The summed E-state index contributed by atoms with van der Waals surface area (Å²) < 4.78 is 5.35. The second kappa shape index (κ2) is 9.54. The van der Waals surface area contributed by atoms with E-state index in [0.717, 1.165) is 18.4 Å². The van der Waals surface area contributed by atoms with Crippen LogP contribution < -0.4 is 10.6 Å². The minimum atomic E-state index is -0.439. The molecule has 2 aliphatic heterocycles. The number of anilines is 2. The second-order valence-corrected chi connectivity index (χ2v) is 8.40. The van der Waals surface area contributed by atoms with Crippen LogP contribution in [0, 0.1) is 12.8 Å². The average molecular weight is 454 g/mol. The Morgan fingerprint density at radius 1 is 1.09 bits per heavy atom. The molecular formula is C24H24ClN3O4. The molecule has 0 spiro atoms. The van der Waals surface area contributed by atoms with Gasteiger partial charge in [0.15, 0.2) is 0 Å². The van der Waals surface area contributed by atoms with Gasteiger partial charge in [0.1, 0.15) is 0 Å². The number of rotatable bonds is 5. The Bertz CT molecular complexity index is 1090. The number of amides is 4. The maximum absolute atomic E-state index is 12.9. The maximum Gasteiger partial charge on any atom is 0.323 e. The Labute approximate surface area is 191 Å². The number of carbonyl (C=O) groups is 3. The van der Waals surface area contributed by atoms with E-state index < -0.39 is 6.03 Å². The van der Waals surface area contributed by atoms with Crippen LogP contribution in [-0.4, -0.2) is 42.5 Å². The van der Waals surface area contributed by atoms with Gasteiger partial charge in [-0.05, 0) is 61.1 Å². The van der Waals surface area contributed by atoms with Crippen LogP contribution in [0.2, 0.25) is 5.02 Å². The van der Waals surface area contributed by atoms with Gasteiger partial charge in [-0.3, -0.25) is 14.5 Å². The first-order valence-corrected chi connectivity index (χ1v) is 10.9. The monoisotopic (exact) mass is 453 g/mol. The lowest BCUT2D eigenvalue weighted by Crippen LogP contribution is -2.37. The van der Waals surface area contributed by atoms with Crippen molar-refractivity contribution >= 4 is 46.4 Å². The number of halogens is 1. The predicted octanol–water partition coefficient (Wildman–Crippen LogP) is 4.47. The van der Waals surface area contributed by atoms with Crippen LogP contribution in [0.5, 0.6) is 0 Å². The van der Waals surface area contributed by atoms with Crippen LogP contribution >= 0.6 is 11.6 Å². The van der Waals surface area contributed by atoms with Gasteiger partial charge >= 0.3 is 6.03 Å². The molecule has 0 aromatic heterocycles. The molecule has 166 valence electrons. The fraction of sp³-hybridized carbons (Fsp3) is 0.292. The van der Waals surface area contributed by atoms with Crippen molar-refractivity contribution in [2.75, 3.05) is 30.4 Å². The molecule has 2 N–H and O–H groups in total. The van der Waals surface area contributed by atoms with E-state index in [1.807, 2.05) is 13.0 Å². The van der Waals surface area contributed by atoms with Gasteiger partial charge < -0.3 is 15.4 Å². The number of benzene rings is 2. The van der Waals surface area contributed by atoms with E-state index >= 15 is 0 Å². The molecule has 32 heavy (non-hydrogen) atoms. The van der Waals surface area contributed by atoms with Crippen molar-refractivity contribution in [3.63, 3.8) is 0 Å². The number of ether oxygens (including phenoxy) is 1. The number of hydrogen-bond donors (Lipinski definition) is 2. The van der Waals surface area contributed by atoms with Gasteiger partial charge in [0.25, 0.3) is 11.8 Å². The number of aryl methyl sites for hydroxylation is 1. The van der Waals surface area contributed by atoms with Gasteiger partial charge in [0.2, 0.25) is 0 Å². The molecule has 1 saturated heterocycles. The quantitative estimate of drug-likeness (QED) is 0.654. The van der Waals surface area contributed by atoms with Gasteiger partial charge in [0, 0.05) is 42.2 Å². The van der Waals surface area contributed by atoms with Gasteiger partial charge in [-0.2, -0.15) is 0 Å². The Morgan fingerprint density at radius 3 is 2.53 bits per heavy atom. The number of nitrogens with one attached hydrogen (secondary N) is 2. The molecule has 0 unspecified atom stereocenters. The molecule has 7 nitrogen and oxygen atoms in total. The average Bonchev–Trinajstić information content (AvgIpc) is 3.05. The van der Waals surface area contributed by atoms with Crippen LogP contribution in [0.25, 0.3) is 5.57 Å². The first-order valence-electron chi connectivity index (χ1n) is 10.5. The summed E-state index contributed by atoms with van der Waals surface area (Å²) in [6.45, 7) is 3.60. The minimum absolute atomic E-state index is 0.261. The topological polar surface area (TPSA) is 87.7 Å². The number of hydrogen-bond acceptors (Lipinski definition) is 4. The maximum atomic E-state index is 12.9. The third-order valence-electron chi connectivity index (χ3n) is 5.65. The normalized spacial score (nSPS) is 16.8. The molecule has 1 fully saturated rings. The predicted molar refractivity (Wildman–Crippen MR) is 124 cm³/mol. The summed E-state index contributed by atoms with van der Waals surface area (Å²) in [6.07, 6.45) is 3.05. The third-order valence-corrected chi connectivity index (χ3v) is 6.06. The second-order valence-electron chi connectivity index (χ2n) is 7.99. The standard InChI is InChI=1S/C24H24ClN3O4/c1-15-5-6-19(12-21(15)25)27-24(31)26-18-4-2-3-17(11-18)20-13-22(29)28(23(20)30)14-16-7-9-32-10-8-16/h2-6,11-13,16H,7-10,14H2,1H3,(H2,26,27,31). The number of imide groups is 1. The molecule has 2 aromatic rings. The van der Waals surface area contributed by atoms with Crippen molar-refractivity contribution in [2.45, 2.75) is 19.8 Å². The molecule has 0 atom stereocenters. The largest absolute Gasteiger partial charge is 0.381 e. The van der Waals surface area contributed by atoms with E-state index in [2.05, 4.69) is 10.6 Å². The molecule has 0 saturated carbocycles. The zero-order valence-corrected chi connectivity index (χ0v) is 18.4. The van der Waals surface area contributed by atoms with E-state index in [0.29, 0.717) is 47.3 Å². The molecule has 0 bridgehead atoms. The van der Waals surface area contributed by atoms with E-state index in [4.69, 9.17) is 16.3 Å². The van der Waals surface area contributed by atoms with Gasteiger partial charge in [0.05, 0.1) is 5.57 Å². The van der Waals surface area contributed by atoms with Crippen LogP contribution in [-0.2, 0) is 14.3 Å². The van der Waals surface area contributed by atoms with Crippen molar-refractivity contribution < 1.29 is 19.1 Å². The highest BCUT2D eigenvalue weighted by atomic mass is 35.5. The molecule has 2 aliphatic rings. The van der Waals surface area contributed by atoms with E-state index in [1.54, 1.807) is 36.4 Å².